The SMILES string of the molecule is CC(C)c1c(Cl)cc2c(c1Cl)CC[C@H]1[C@](C)(C(=O)O)CCC[C@]21C. The molecule has 4 heteroatoms. The van der Waals surface area contributed by atoms with Crippen molar-refractivity contribution < 1.29 is 9.90 Å². The Morgan fingerprint density at radius 3 is 2.54 bits per heavy atom. The molecule has 1 aromatic carbocycles. The van der Waals surface area contributed by atoms with Crippen LogP contribution in [0, 0.1) is 11.3 Å². The molecule has 132 valence electrons. The highest BCUT2D eigenvalue weighted by Gasteiger charge is 2.55. The summed E-state index contributed by atoms with van der Waals surface area (Å²) in [6.45, 7) is 8.36. The number of carboxylic acids is 1. The lowest BCUT2D eigenvalue weighted by molar-refractivity contribution is -0.157. The Labute approximate surface area is 154 Å². The first-order valence-electron chi connectivity index (χ1n) is 8.87. The highest BCUT2D eigenvalue weighted by Crippen LogP contribution is 2.59. The van der Waals surface area contributed by atoms with Crippen LogP contribution in [-0.2, 0) is 16.6 Å². The van der Waals surface area contributed by atoms with Crippen molar-refractivity contribution in [2.45, 2.75) is 71.1 Å². The fourth-order valence-corrected chi connectivity index (χ4v) is 6.33. The van der Waals surface area contributed by atoms with Gasteiger partial charge >= 0.3 is 5.97 Å². The molecule has 0 spiro atoms. The molecule has 1 saturated carbocycles. The van der Waals surface area contributed by atoms with Gasteiger partial charge in [0.25, 0.3) is 0 Å². The summed E-state index contributed by atoms with van der Waals surface area (Å²) in [6, 6.07) is 2.08. The first kappa shape index (κ1) is 18.1. The van der Waals surface area contributed by atoms with Gasteiger partial charge in [0.2, 0.25) is 0 Å². The quantitative estimate of drug-likeness (QED) is 0.673. The van der Waals surface area contributed by atoms with Crippen molar-refractivity contribution in [1.82, 2.24) is 0 Å². The van der Waals surface area contributed by atoms with E-state index in [4.69, 9.17) is 23.2 Å². The largest absolute Gasteiger partial charge is 0.481 e. The second-order valence-corrected chi connectivity index (χ2v) is 9.14. The maximum Gasteiger partial charge on any atom is 0.309 e. The first-order valence-corrected chi connectivity index (χ1v) is 9.63. The van der Waals surface area contributed by atoms with E-state index >= 15 is 0 Å². The zero-order valence-electron chi connectivity index (χ0n) is 14.9. The molecule has 0 heterocycles. The molecule has 3 atom stereocenters. The van der Waals surface area contributed by atoms with Crippen LogP contribution in [-0.4, -0.2) is 11.1 Å². The Morgan fingerprint density at radius 2 is 1.96 bits per heavy atom. The smallest absolute Gasteiger partial charge is 0.309 e. The van der Waals surface area contributed by atoms with Gasteiger partial charge in [-0.3, -0.25) is 4.79 Å². The minimum absolute atomic E-state index is 0.126. The van der Waals surface area contributed by atoms with Crippen LogP contribution in [0.25, 0.3) is 0 Å². The van der Waals surface area contributed by atoms with E-state index < -0.39 is 11.4 Å². The van der Waals surface area contributed by atoms with Crippen molar-refractivity contribution in [2.75, 3.05) is 0 Å². The summed E-state index contributed by atoms with van der Waals surface area (Å²) < 4.78 is 0. The van der Waals surface area contributed by atoms with Gasteiger partial charge in [-0.2, -0.15) is 0 Å². The highest BCUT2D eigenvalue weighted by atomic mass is 35.5. The normalized spacial score (nSPS) is 32.4. The van der Waals surface area contributed by atoms with Gasteiger partial charge in [0.15, 0.2) is 0 Å². The monoisotopic (exact) mass is 368 g/mol. The van der Waals surface area contributed by atoms with Crippen LogP contribution in [0.5, 0.6) is 0 Å². The average molecular weight is 369 g/mol. The van der Waals surface area contributed by atoms with Crippen LogP contribution < -0.4 is 0 Å². The first-order chi connectivity index (χ1) is 11.1. The third-order valence-corrected chi connectivity index (χ3v) is 7.39. The third kappa shape index (κ3) is 2.41. The number of carboxylic acid groups (broad SMARTS) is 1. The van der Waals surface area contributed by atoms with E-state index in [2.05, 4.69) is 26.8 Å². The number of aliphatic carboxylic acids is 1. The van der Waals surface area contributed by atoms with Gasteiger partial charge in [-0.25, -0.2) is 0 Å². The summed E-state index contributed by atoms with van der Waals surface area (Å²) in [5.74, 6) is -0.268. The van der Waals surface area contributed by atoms with Crippen molar-refractivity contribution in [3.8, 4) is 0 Å². The van der Waals surface area contributed by atoms with Gasteiger partial charge in [-0.1, -0.05) is 50.4 Å². The van der Waals surface area contributed by atoms with Crippen molar-refractivity contribution in [1.29, 1.82) is 0 Å². The van der Waals surface area contributed by atoms with E-state index in [0.717, 1.165) is 47.7 Å². The Balaban J connectivity index is 2.19. The van der Waals surface area contributed by atoms with Crippen LogP contribution in [0.15, 0.2) is 6.07 Å². The van der Waals surface area contributed by atoms with Crippen molar-refractivity contribution >= 4 is 29.2 Å². The molecule has 0 bridgehead atoms. The number of halogens is 2. The lowest BCUT2D eigenvalue weighted by atomic mass is 9.49. The fourth-order valence-electron chi connectivity index (χ4n) is 5.34. The number of benzene rings is 1. The second kappa shape index (κ2) is 5.92. The molecule has 0 radical (unpaired) electrons. The third-order valence-electron chi connectivity index (χ3n) is 6.65. The Morgan fingerprint density at radius 1 is 1.29 bits per heavy atom. The van der Waals surface area contributed by atoms with Crippen LogP contribution in [0.3, 0.4) is 0 Å². The lowest BCUT2D eigenvalue weighted by Gasteiger charge is -2.54. The van der Waals surface area contributed by atoms with E-state index in [1.54, 1.807) is 0 Å². The Kier molecular flexibility index (Phi) is 4.45. The summed E-state index contributed by atoms with van der Waals surface area (Å²) in [5, 5.41) is 11.4. The molecule has 2 aliphatic carbocycles. The molecule has 0 amide bonds. The predicted molar refractivity (Wildman–Crippen MR) is 99.3 cm³/mol. The van der Waals surface area contributed by atoms with Gasteiger partial charge in [0.1, 0.15) is 0 Å². The van der Waals surface area contributed by atoms with Gasteiger partial charge in [-0.05, 0) is 72.6 Å². The summed E-state index contributed by atoms with van der Waals surface area (Å²) in [5.41, 5.74) is 2.57. The van der Waals surface area contributed by atoms with E-state index in [1.807, 2.05) is 6.92 Å². The Hall–Kier alpha value is -0.730. The molecule has 2 nitrogen and oxygen atoms in total. The average Bonchev–Trinajstić information content (AvgIpc) is 2.47. The molecule has 2 aliphatic rings. The molecular formula is C20H26Cl2O2. The maximum absolute atomic E-state index is 12.0. The van der Waals surface area contributed by atoms with E-state index in [-0.39, 0.29) is 17.3 Å². The van der Waals surface area contributed by atoms with Crippen LogP contribution >= 0.6 is 23.2 Å². The molecule has 24 heavy (non-hydrogen) atoms. The minimum Gasteiger partial charge on any atom is -0.481 e. The van der Waals surface area contributed by atoms with Gasteiger partial charge in [0, 0.05) is 10.0 Å². The molecule has 1 fully saturated rings. The number of carbonyl (C=O) groups is 1. The van der Waals surface area contributed by atoms with Crippen LogP contribution in [0.1, 0.15) is 76.0 Å². The molecule has 1 N–H and O–H groups in total. The molecule has 0 saturated heterocycles. The zero-order chi connectivity index (χ0) is 17.9. The van der Waals surface area contributed by atoms with Crippen molar-refractivity contribution in [3.63, 3.8) is 0 Å². The number of hydrogen-bond donors (Lipinski definition) is 1. The number of fused-ring (bicyclic) bond motifs is 3. The number of hydrogen-bond acceptors (Lipinski definition) is 1. The maximum atomic E-state index is 12.0. The standard InChI is InChI=1S/C20H26Cl2O2/c1-11(2)16-14(21)10-13-12(17(16)22)6-7-15-19(13,3)8-5-9-20(15,4)18(23)24/h10-11,15H,5-9H2,1-4H3,(H,23,24)/t15-,19-,20-/m1/s1. The van der Waals surface area contributed by atoms with Crippen molar-refractivity contribution in [3.05, 3.63) is 32.8 Å². The highest BCUT2D eigenvalue weighted by molar-refractivity contribution is 6.36. The van der Waals surface area contributed by atoms with E-state index in [1.165, 1.54) is 11.1 Å². The van der Waals surface area contributed by atoms with Gasteiger partial charge in [-0.15, -0.1) is 0 Å². The molecule has 0 aliphatic heterocycles. The molecular weight excluding hydrogens is 343 g/mol. The molecule has 0 aromatic heterocycles. The predicted octanol–water partition coefficient (Wildman–Crippen LogP) is 6.21. The van der Waals surface area contributed by atoms with Crippen molar-refractivity contribution in [2.24, 2.45) is 11.3 Å². The summed E-state index contributed by atoms with van der Waals surface area (Å²) in [4.78, 5) is 12.0. The van der Waals surface area contributed by atoms with E-state index in [9.17, 15) is 9.90 Å². The van der Waals surface area contributed by atoms with Gasteiger partial charge < -0.3 is 5.11 Å². The topological polar surface area (TPSA) is 37.3 Å². The molecule has 1 aromatic rings. The fraction of sp³-hybridized carbons (Fsp3) is 0.650. The number of rotatable bonds is 2. The van der Waals surface area contributed by atoms with Gasteiger partial charge in [0.05, 0.1) is 5.41 Å². The zero-order valence-corrected chi connectivity index (χ0v) is 16.4. The second-order valence-electron chi connectivity index (χ2n) is 8.35. The minimum atomic E-state index is -0.669. The van der Waals surface area contributed by atoms with E-state index in [0.29, 0.717) is 0 Å². The van der Waals surface area contributed by atoms with Crippen LogP contribution in [0.4, 0.5) is 0 Å². The summed E-state index contributed by atoms with van der Waals surface area (Å²) >= 11 is 13.3. The molecule has 3 rings (SSSR count). The molecule has 0 unspecified atom stereocenters. The van der Waals surface area contributed by atoms with Crippen LogP contribution in [0.2, 0.25) is 10.0 Å². The lowest BCUT2D eigenvalue weighted by Crippen LogP contribution is -2.52. The Bertz CT molecular complexity index is 697. The summed E-state index contributed by atoms with van der Waals surface area (Å²) in [6.07, 6.45) is 4.40. The summed E-state index contributed by atoms with van der Waals surface area (Å²) in [7, 11) is 0.